The van der Waals surface area contributed by atoms with Gasteiger partial charge in [-0.15, -0.1) is 0 Å². The number of oxime groups is 1. The molecular formula is C15H25N3O3. The predicted octanol–water partition coefficient (Wildman–Crippen LogP) is 1.55. The van der Waals surface area contributed by atoms with Crippen LogP contribution in [0.2, 0.25) is 0 Å². The lowest BCUT2D eigenvalue weighted by molar-refractivity contribution is 0.111. The van der Waals surface area contributed by atoms with Crippen molar-refractivity contribution in [1.29, 1.82) is 0 Å². The van der Waals surface area contributed by atoms with Crippen LogP contribution in [0.5, 0.6) is 5.75 Å². The molecule has 0 atom stereocenters. The van der Waals surface area contributed by atoms with Gasteiger partial charge in [0.2, 0.25) is 0 Å². The van der Waals surface area contributed by atoms with Crippen molar-refractivity contribution in [2.45, 2.75) is 20.4 Å². The SMILES string of the molecule is COc1ccc(/C(N)=N/O)cc1CNCCOCC(C)C. The smallest absolute Gasteiger partial charge is 0.170 e. The molecule has 0 fully saturated rings. The normalized spacial score (nSPS) is 11.9. The van der Waals surface area contributed by atoms with E-state index in [1.807, 2.05) is 6.07 Å². The number of hydrogen-bond acceptors (Lipinski definition) is 5. The second-order valence-electron chi connectivity index (χ2n) is 5.16. The molecule has 0 radical (unpaired) electrons. The highest BCUT2D eigenvalue weighted by Crippen LogP contribution is 2.19. The molecule has 0 unspecified atom stereocenters. The number of rotatable bonds is 9. The zero-order valence-corrected chi connectivity index (χ0v) is 12.9. The summed E-state index contributed by atoms with van der Waals surface area (Å²) in [7, 11) is 1.62. The fourth-order valence-corrected chi connectivity index (χ4v) is 1.82. The van der Waals surface area contributed by atoms with Crippen LogP contribution in [-0.2, 0) is 11.3 Å². The molecule has 21 heavy (non-hydrogen) atoms. The molecule has 0 saturated heterocycles. The van der Waals surface area contributed by atoms with E-state index in [2.05, 4.69) is 24.3 Å². The van der Waals surface area contributed by atoms with Gasteiger partial charge in [-0.05, 0) is 24.1 Å². The lowest BCUT2D eigenvalue weighted by Crippen LogP contribution is -2.21. The van der Waals surface area contributed by atoms with E-state index in [1.165, 1.54) is 0 Å². The Morgan fingerprint density at radius 2 is 2.19 bits per heavy atom. The van der Waals surface area contributed by atoms with Gasteiger partial charge >= 0.3 is 0 Å². The largest absolute Gasteiger partial charge is 0.496 e. The maximum absolute atomic E-state index is 8.72. The van der Waals surface area contributed by atoms with Gasteiger partial charge in [0.15, 0.2) is 5.84 Å². The quantitative estimate of drug-likeness (QED) is 0.211. The average Bonchev–Trinajstić information content (AvgIpc) is 2.49. The molecular weight excluding hydrogens is 270 g/mol. The molecule has 6 nitrogen and oxygen atoms in total. The second kappa shape index (κ2) is 9.20. The fourth-order valence-electron chi connectivity index (χ4n) is 1.82. The third-order valence-corrected chi connectivity index (χ3v) is 2.87. The van der Waals surface area contributed by atoms with Gasteiger partial charge in [-0.1, -0.05) is 19.0 Å². The number of benzene rings is 1. The summed E-state index contributed by atoms with van der Waals surface area (Å²) in [6, 6.07) is 5.40. The number of methoxy groups -OCH3 is 1. The van der Waals surface area contributed by atoms with Crippen LogP contribution in [-0.4, -0.2) is 37.9 Å². The summed E-state index contributed by atoms with van der Waals surface area (Å²) in [4.78, 5) is 0. The maximum atomic E-state index is 8.72. The van der Waals surface area contributed by atoms with Crippen LogP contribution in [0.3, 0.4) is 0 Å². The lowest BCUT2D eigenvalue weighted by Gasteiger charge is -2.12. The highest BCUT2D eigenvalue weighted by atomic mass is 16.5. The minimum absolute atomic E-state index is 0.0826. The van der Waals surface area contributed by atoms with Crippen molar-refractivity contribution < 1.29 is 14.7 Å². The van der Waals surface area contributed by atoms with Crippen LogP contribution in [0.15, 0.2) is 23.4 Å². The lowest BCUT2D eigenvalue weighted by atomic mass is 10.1. The molecule has 6 heteroatoms. The molecule has 0 bridgehead atoms. The standard InChI is InChI=1S/C15H25N3O3/c1-11(2)10-21-7-6-17-9-13-8-12(15(16)18-19)4-5-14(13)20-3/h4-5,8,11,17,19H,6-7,9-10H2,1-3H3,(H2,16,18). The zero-order chi connectivity index (χ0) is 15.7. The molecule has 0 aliphatic rings. The molecule has 0 amide bonds. The molecule has 1 rings (SSSR count). The highest BCUT2D eigenvalue weighted by molar-refractivity contribution is 5.97. The molecule has 118 valence electrons. The summed E-state index contributed by atoms with van der Waals surface area (Å²) < 4.78 is 10.8. The van der Waals surface area contributed by atoms with E-state index >= 15 is 0 Å². The molecule has 0 aliphatic carbocycles. The first-order valence-electron chi connectivity index (χ1n) is 7.01. The predicted molar refractivity (Wildman–Crippen MR) is 82.9 cm³/mol. The number of nitrogens with zero attached hydrogens (tertiary/aromatic N) is 1. The number of ether oxygens (including phenoxy) is 2. The van der Waals surface area contributed by atoms with Crippen LogP contribution in [0.4, 0.5) is 0 Å². The number of amidine groups is 1. The molecule has 0 spiro atoms. The Kier molecular flexibility index (Phi) is 7.56. The van der Waals surface area contributed by atoms with E-state index in [0.29, 0.717) is 24.6 Å². The Morgan fingerprint density at radius 1 is 1.43 bits per heavy atom. The third kappa shape index (κ3) is 6.01. The first-order chi connectivity index (χ1) is 10.1. The monoisotopic (exact) mass is 295 g/mol. The van der Waals surface area contributed by atoms with Gasteiger partial charge in [0, 0.05) is 30.8 Å². The van der Waals surface area contributed by atoms with Crippen molar-refractivity contribution in [3.63, 3.8) is 0 Å². The molecule has 0 aromatic heterocycles. The van der Waals surface area contributed by atoms with Crippen molar-refractivity contribution in [2.75, 3.05) is 26.9 Å². The maximum Gasteiger partial charge on any atom is 0.170 e. The molecule has 0 saturated carbocycles. The van der Waals surface area contributed by atoms with E-state index < -0.39 is 0 Å². The van der Waals surface area contributed by atoms with Crippen molar-refractivity contribution in [1.82, 2.24) is 5.32 Å². The Balaban J connectivity index is 2.52. The van der Waals surface area contributed by atoms with Crippen LogP contribution >= 0.6 is 0 Å². The molecule has 1 aromatic rings. The summed E-state index contributed by atoms with van der Waals surface area (Å²) in [6.45, 7) is 7.06. The van der Waals surface area contributed by atoms with Crippen molar-refractivity contribution in [3.8, 4) is 5.75 Å². The third-order valence-electron chi connectivity index (χ3n) is 2.87. The number of nitrogens with one attached hydrogen (secondary N) is 1. The molecule has 1 aromatic carbocycles. The van der Waals surface area contributed by atoms with E-state index in [0.717, 1.165) is 24.5 Å². The van der Waals surface area contributed by atoms with Crippen molar-refractivity contribution >= 4 is 5.84 Å². The van der Waals surface area contributed by atoms with Gasteiger partial charge < -0.3 is 25.7 Å². The van der Waals surface area contributed by atoms with E-state index in [4.69, 9.17) is 20.4 Å². The fraction of sp³-hybridized carbons (Fsp3) is 0.533. The minimum atomic E-state index is 0.0826. The average molecular weight is 295 g/mol. The molecule has 4 N–H and O–H groups in total. The summed E-state index contributed by atoms with van der Waals surface area (Å²) in [5.74, 6) is 1.39. The Labute approximate surface area is 125 Å². The van der Waals surface area contributed by atoms with Gasteiger partial charge in [-0.2, -0.15) is 0 Å². The molecule has 0 heterocycles. The van der Waals surface area contributed by atoms with Crippen molar-refractivity contribution in [3.05, 3.63) is 29.3 Å². The highest BCUT2D eigenvalue weighted by Gasteiger charge is 2.07. The van der Waals surface area contributed by atoms with Crippen LogP contribution < -0.4 is 15.8 Å². The van der Waals surface area contributed by atoms with Gasteiger partial charge in [0.05, 0.1) is 13.7 Å². The van der Waals surface area contributed by atoms with E-state index in [9.17, 15) is 0 Å². The second-order valence-corrected chi connectivity index (χ2v) is 5.16. The first kappa shape index (κ1) is 17.3. The summed E-state index contributed by atoms with van der Waals surface area (Å²) in [5.41, 5.74) is 7.20. The summed E-state index contributed by atoms with van der Waals surface area (Å²) >= 11 is 0. The Hall–Kier alpha value is -1.79. The number of nitrogens with two attached hydrogens (primary N) is 1. The van der Waals surface area contributed by atoms with E-state index in [-0.39, 0.29) is 5.84 Å². The zero-order valence-electron chi connectivity index (χ0n) is 12.9. The van der Waals surface area contributed by atoms with Gasteiger partial charge in [-0.25, -0.2) is 0 Å². The Bertz CT molecular complexity index is 461. The van der Waals surface area contributed by atoms with Gasteiger partial charge in [0.1, 0.15) is 5.75 Å². The van der Waals surface area contributed by atoms with Crippen LogP contribution in [0.1, 0.15) is 25.0 Å². The van der Waals surface area contributed by atoms with Gasteiger partial charge in [0.25, 0.3) is 0 Å². The topological polar surface area (TPSA) is 89.1 Å². The van der Waals surface area contributed by atoms with Gasteiger partial charge in [-0.3, -0.25) is 0 Å². The minimum Gasteiger partial charge on any atom is -0.496 e. The summed E-state index contributed by atoms with van der Waals surface area (Å²) in [6.07, 6.45) is 0. The van der Waals surface area contributed by atoms with Crippen LogP contribution in [0.25, 0.3) is 0 Å². The summed E-state index contributed by atoms with van der Waals surface area (Å²) in [5, 5.41) is 15.0. The number of hydrogen-bond donors (Lipinski definition) is 3. The Morgan fingerprint density at radius 3 is 2.81 bits per heavy atom. The van der Waals surface area contributed by atoms with E-state index in [1.54, 1.807) is 19.2 Å². The molecule has 0 aliphatic heterocycles. The first-order valence-corrected chi connectivity index (χ1v) is 7.01. The van der Waals surface area contributed by atoms with Crippen molar-refractivity contribution in [2.24, 2.45) is 16.8 Å². The van der Waals surface area contributed by atoms with Crippen LogP contribution in [0, 0.1) is 5.92 Å².